The summed E-state index contributed by atoms with van der Waals surface area (Å²) in [5.74, 6) is 0.595. The zero-order chi connectivity index (χ0) is 13.5. The van der Waals surface area contributed by atoms with Gasteiger partial charge in [0.15, 0.2) is 0 Å². The summed E-state index contributed by atoms with van der Waals surface area (Å²) in [6.45, 7) is 8.03. The minimum atomic E-state index is -0.532. The lowest BCUT2D eigenvalue weighted by Gasteiger charge is -2.39. The van der Waals surface area contributed by atoms with Crippen molar-refractivity contribution in [1.29, 1.82) is 0 Å². The molecule has 0 aliphatic carbocycles. The van der Waals surface area contributed by atoms with Crippen LogP contribution in [-0.2, 0) is 0 Å². The number of benzene rings is 1. The number of aryl methyl sites for hydroxylation is 2. The van der Waals surface area contributed by atoms with Crippen molar-refractivity contribution in [3.63, 3.8) is 0 Å². The highest BCUT2D eigenvalue weighted by Crippen LogP contribution is 2.30. The van der Waals surface area contributed by atoms with Gasteiger partial charge in [-0.15, -0.1) is 0 Å². The molecule has 4 N–H and O–H groups in total. The van der Waals surface area contributed by atoms with Crippen molar-refractivity contribution in [3.05, 3.63) is 29.3 Å². The van der Waals surface area contributed by atoms with Gasteiger partial charge in [-0.1, -0.05) is 17.7 Å². The number of halogens is 1. The van der Waals surface area contributed by atoms with E-state index < -0.39 is 5.66 Å². The monoisotopic (exact) mass is 280 g/mol. The average molecular weight is 281 g/mol. The molecule has 1 heterocycles. The Bertz CT molecular complexity index is 548. The fourth-order valence-corrected chi connectivity index (χ4v) is 2.28. The van der Waals surface area contributed by atoms with E-state index >= 15 is 0 Å². The van der Waals surface area contributed by atoms with Gasteiger partial charge in [0, 0.05) is 5.69 Å². The first-order chi connectivity index (χ1) is 8.31. The second kappa shape index (κ2) is 5.09. The second-order valence-corrected chi connectivity index (χ2v) is 5.06. The van der Waals surface area contributed by atoms with Crippen molar-refractivity contribution in [2.75, 3.05) is 4.90 Å². The van der Waals surface area contributed by atoms with Crippen molar-refractivity contribution in [2.45, 2.75) is 33.4 Å². The second-order valence-electron chi connectivity index (χ2n) is 5.06. The molecule has 2 rings (SSSR count). The first-order valence-corrected chi connectivity index (χ1v) is 5.88. The van der Waals surface area contributed by atoms with E-state index in [2.05, 4.69) is 23.0 Å². The minimum Gasteiger partial charge on any atom is -1.00 e. The molecule has 0 unspecified atom stereocenters. The molecule has 0 radical (unpaired) electrons. The molecule has 0 saturated carbocycles. The van der Waals surface area contributed by atoms with Crippen LogP contribution in [0.25, 0.3) is 0 Å². The minimum absolute atomic E-state index is 0. The van der Waals surface area contributed by atoms with Gasteiger partial charge in [0.2, 0.25) is 11.9 Å². The topological polar surface area (TPSA) is 80.0 Å². The predicted octanol–water partition coefficient (Wildman–Crippen LogP) is -1.51. The van der Waals surface area contributed by atoms with E-state index in [4.69, 9.17) is 11.5 Å². The van der Waals surface area contributed by atoms with Crippen LogP contribution in [0.4, 0.5) is 5.69 Å². The van der Waals surface area contributed by atoms with E-state index in [0.717, 1.165) is 11.3 Å². The van der Waals surface area contributed by atoms with Gasteiger partial charge in [-0.3, -0.25) is 4.90 Å². The molecule has 1 aromatic carbocycles. The van der Waals surface area contributed by atoms with Crippen molar-refractivity contribution in [1.82, 2.24) is 0 Å². The number of nitrogens with zero attached hydrogens (tertiary/aromatic N) is 3. The van der Waals surface area contributed by atoms with Crippen molar-refractivity contribution in [2.24, 2.45) is 21.5 Å². The summed E-state index contributed by atoms with van der Waals surface area (Å²) >= 11 is 0. The molecule has 6 heteroatoms. The summed E-state index contributed by atoms with van der Waals surface area (Å²) in [5, 5.41) is 0. The van der Waals surface area contributed by atoms with Gasteiger partial charge in [-0.05, 0) is 39.3 Å². The zero-order valence-electron chi connectivity index (χ0n) is 11.6. The van der Waals surface area contributed by atoms with Crippen LogP contribution >= 0.6 is 0 Å². The molecular formula is C13H19ClN5-. The van der Waals surface area contributed by atoms with Gasteiger partial charge in [-0.25, -0.2) is 4.99 Å². The van der Waals surface area contributed by atoms with Gasteiger partial charge in [0.1, 0.15) is 5.66 Å². The van der Waals surface area contributed by atoms with Crippen LogP contribution in [0, 0.1) is 13.8 Å². The van der Waals surface area contributed by atoms with Gasteiger partial charge in [-0.2, -0.15) is 4.99 Å². The molecule has 19 heavy (non-hydrogen) atoms. The molecule has 0 bridgehead atoms. The lowest BCUT2D eigenvalue weighted by molar-refractivity contribution is -0.00000481. The largest absolute Gasteiger partial charge is 1.00 e. The van der Waals surface area contributed by atoms with E-state index in [1.807, 2.05) is 37.8 Å². The Kier molecular flexibility index (Phi) is 4.10. The maximum atomic E-state index is 6.00. The number of rotatable bonds is 1. The Balaban J connectivity index is 0.00000180. The number of anilines is 1. The third-order valence-electron chi connectivity index (χ3n) is 2.99. The van der Waals surface area contributed by atoms with E-state index in [1.54, 1.807) is 0 Å². The summed E-state index contributed by atoms with van der Waals surface area (Å²) in [7, 11) is 0. The van der Waals surface area contributed by atoms with Crippen molar-refractivity contribution < 1.29 is 12.4 Å². The lowest BCUT2D eigenvalue weighted by Crippen LogP contribution is -3.00. The van der Waals surface area contributed by atoms with Crippen LogP contribution in [0.5, 0.6) is 0 Å². The predicted molar refractivity (Wildman–Crippen MR) is 75.7 cm³/mol. The first kappa shape index (κ1) is 15.3. The van der Waals surface area contributed by atoms with E-state index in [0.29, 0.717) is 5.96 Å². The Morgan fingerprint density at radius 2 is 1.79 bits per heavy atom. The van der Waals surface area contributed by atoms with Gasteiger partial charge in [0.05, 0.1) is 0 Å². The fourth-order valence-electron chi connectivity index (χ4n) is 2.28. The normalized spacial score (nSPS) is 17.4. The molecule has 1 aromatic rings. The van der Waals surface area contributed by atoms with Crippen LogP contribution in [0.3, 0.4) is 0 Å². The number of nitrogens with two attached hydrogens (primary N) is 2. The SMILES string of the molecule is Cc1ccc(N2C(N)=NC(N)=NC2(C)C)c(C)c1.[Cl-]. The van der Waals surface area contributed by atoms with E-state index in [-0.39, 0.29) is 18.4 Å². The molecular weight excluding hydrogens is 262 g/mol. The Labute approximate surface area is 119 Å². The van der Waals surface area contributed by atoms with Crippen LogP contribution in [0.2, 0.25) is 0 Å². The smallest absolute Gasteiger partial charge is 0.220 e. The molecule has 1 aliphatic heterocycles. The standard InChI is InChI=1S/C13H19N5.ClH/c1-8-5-6-10(9(2)7-8)18-12(15)16-11(14)17-13(18,3)4;/h5-7H,1-4H3,(H4,14,15,16,17);1H/p-1. The summed E-state index contributed by atoms with van der Waals surface area (Å²) in [5.41, 5.74) is 14.5. The van der Waals surface area contributed by atoms with Crippen LogP contribution in [0.1, 0.15) is 25.0 Å². The molecule has 104 valence electrons. The molecule has 5 nitrogen and oxygen atoms in total. The number of guanidine groups is 2. The van der Waals surface area contributed by atoms with E-state index in [1.165, 1.54) is 5.56 Å². The van der Waals surface area contributed by atoms with Crippen molar-refractivity contribution >= 4 is 17.6 Å². The van der Waals surface area contributed by atoms with Crippen molar-refractivity contribution in [3.8, 4) is 0 Å². The number of hydrogen-bond acceptors (Lipinski definition) is 5. The molecule has 0 fully saturated rings. The highest BCUT2D eigenvalue weighted by Gasteiger charge is 2.33. The Morgan fingerprint density at radius 1 is 1.16 bits per heavy atom. The van der Waals surface area contributed by atoms with Crippen LogP contribution < -0.4 is 28.8 Å². The third-order valence-corrected chi connectivity index (χ3v) is 2.99. The maximum Gasteiger partial charge on any atom is 0.220 e. The molecule has 0 atom stereocenters. The van der Waals surface area contributed by atoms with Gasteiger partial charge in [0.25, 0.3) is 0 Å². The van der Waals surface area contributed by atoms with Gasteiger partial charge < -0.3 is 23.9 Å². The first-order valence-electron chi connectivity index (χ1n) is 5.88. The fraction of sp³-hybridized carbons (Fsp3) is 0.385. The Hall–Kier alpha value is -1.75. The molecule has 0 spiro atoms. The van der Waals surface area contributed by atoms with Crippen LogP contribution in [-0.4, -0.2) is 17.6 Å². The molecule has 1 aliphatic rings. The molecule has 0 amide bonds. The highest BCUT2D eigenvalue weighted by molar-refractivity contribution is 6.05. The Morgan fingerprint density at radius 3 is 2.32 bits per heavy atom. The highest BCUT2D eigenvalue weighted by atomic mass is 35.5. The summed E-state index contributed by atoms with van der Waals surface area (Å²) < 4.78 is 0. The zero-order valence-corrected chi connectivity index (χ0v) is 12.4. The van der Waals surface area contributed by atoms with E-state index in [9.17, 15) is 0 Å². The number of hydrogen-bond donors (Lipinski definition) is 2. The molecule has 0 aromatic heterocycles. The third kappa shape index (κ3) is 2.81. The average Bonchev–Trinajstić information content (AvgIpc) is 2.18. The van der Waals surface area contributed by atoms with Crippen LogP contribution in [0.15, 0.2) is 28.2 Å². The summed E-state index contributed by atoms with van der Waals surface area (Å²) in [4.78, 5) is 10.3. The quantitative estimate of drug-likeness (QED) is 0.657. The van der Waals surface area contributed by atoms with Gasteiger partial charge >= 0.3 is 0 Å². The summed E-state index contributed by atoms with van der Waals surface area (Å²) in [6.07, 6.45) is 0. The summed E-state index contributed by atoms with van der Waals surface area (Å²) in [6, 6.07) is 6.19. The maximum absolute atomic E-state index is 6.00. The lowest BCUT2D eigenvalue weighted by atomic mass is 10.1. The molecule has 0 saturated heterocycles. The number of aliphatic imine (C=N–C) groups is 2.